The average Bonchev–Trinajstić information content (AvgIpc) is 2.87. The van der Waals surface area contributed by atoms with Gasteiger partial charge in [0.1, 0.15) is 5.43 Å². The Hall–Kier alpha value is -1.73. The van der Waals surface area contributed by atoms with E-state index in [4.69, 9.17) is 0 Å². The van der Waals surface area contributed by atoms with Crippen LogP contribution in [-0.2, 0) is 5.41 Å². The van der Waals surface area contributed by atoms with Crippen molar-refractivity contribution < 1.29 is 0 Å². The van der Waals surface area contributed by atoms with Gasteiger partial charge in [0.05, 0.1) is 14.0 Å². The summed E-state index contributed by atoms with van der Waals surface area (Å²) in [6.07, 6.45) is 0. The number of benzene rings is 2. The summed E-state index contributed by atoms with van der Waals surface area (Å²) in [5.74, 6) is 0. The predicted octanol–water partition coefficient (Wildman–Crippen LogP) is 4.30. The third kappa shape index (κ3) is 2.26. The molecule has 0 radical (unpaired) electrons. The van der Waals surface area contributed by atoms with Crippen molar-refractivity contribution in [3.8, 4) is 5.69 Å². The maximum atomic E-state index is 4.33. The zero-order valence-corrected chi connectivity index (χ0v) is 12.2. The van der Waals surface area contributed by atoms with E-state index in [1.807, 2.05) is 4.44 Å². The van der Waals surface area contributed by atoms with Crippen molar-refractivity contribution in [3.05, 3.63) is 47.9 Å². The molecule has 1 aromatic heterocycles. The molecule has 1 heterocycles. The SMILES string of the molecule is CC(C)(C)c1nnn(-c2cccc3ccccc23)p1. The molecule has 3 rings (SSSR count). The molecule has 0 bridgehead atoms. The van der Waals surface area contributed by atoms with Crippen LogP contribution in [0, 0.1) is 0 Å². The van der Waals surface area contributed by atoms with E-state index in [1.165, 1.54) is 10.8 Å². The van der Waals surface area contributed by atoms with E-state index in [2.05, 4.69) is 73.5 Å². The number of fused-ring (bicyclic) bond motifs is 1. The van der Waals surface area contributed by atoms with Crippen molar-refractivity contribution in [1.29, 1.82) is 0 Å². The quantitative estimate of drug-likeness (QED) is 0.659. The molecule has 0 amide bonds. The fourth-order valence-corrected chi connectivity index (χ4v) is 2.92. The normalized spacial score (nSPS) is 12.4. The number of hydrogen-bond acceptors (Lipinski definition) is 2. The van der Waals surface area contributed by atoms with Crippen LogP contribution in [0.2, 0.25) is 0 Å². The van der Waals surface area contributed by atoms with Crippen LogP contribution in [0.3, 0.4) is 0 Å². The molecule has 0 fully saturated rings. The fourth-order valence-electron chi connectivity index (χ4n) is 2.00. The molecule has 0 N–H and O–H groups in total. The Morgan fingerprint density at radius 3 is 2.47 bits per heavy atom. The highest BCUT2D eigenvalue weighted by atomic mass is 31.0. The molecular formula is C15H16N3P. The molecule has 0 aliphatic rings. The van der Waals surface area contributed by atoms with Gasteiger partial charge >= 0.3 is 0 Å². The van der Waals surface area contributed by atoms with E-state index >= 15 is 0 Å². The van der Waals surface area contributed by atoms with Crippen LogP contribution >= 0.6 is 8.35 Å². The Bertz CT molecular complexity index is 720. The van der Waals surface area contributed by atoms with Gasteiger partial charge in [-0.15, -0.1) is 5.10 Å². The number of nitrogens with zero attached hydrogens (tertiary/aromatic N) is 3. The molecule has 96 valence electrons. The summed E-state index contributed by atoms with van der Waals surface area (Å²) >= 11 is 0. The van der Waals surface area contributed by atoms with Gasteiger partial charge in [-0.1, -0.05) is 62.4 Å². The van der Waals surface area contributed by atoms with E-state index < -0.39 is 0 Å². The minimum absolute atomic E-state index is 0.0599. The van der Waals surface area contributed by atoms with Crippen molar-refractivity contribution >= 4 is 19.1 Å². The van der Waals surface area contributed by atoms with E-state index in [0.717, 1.165) is 19.5 Å². The topological polar surface area (TPSA) is 30.7 Å². The van der Waals surface area contributed by atoms with Crippen LogP contribution in [0.15, 0.2) is 42.5 Å². The minimum atomic E-state index is 0.0599. The summed E-state index contributed by atoms with van der Waals surface area (Å²) in [6.45, 7) is 6.50. The zero-order valence-electron chi connectivity index (χ0n) is 11.3. The Morgan fingerprint density at radius 2 is 1.74 bits per heavy atom. The number of rotatable bonds is 1. The van der Waals surface area contributed by atoms with E-state index in [1.54, 1.807) is 0 Å². The van der Waals surface area contributed by atoms with Gasteiger partial charge in [-0.05, 0) is 11.5 Å². The largest absolute Gasteiger partial charge is 0.195 e. The standard InChI is InChI=1S/C15H16N3P/c1-15(2,3)14-16-17-18(19-14)13-10-6-8-11-7-4-5-9-12(11)13/h4-10H,1-3H3. The van der Waals surface area contributed by atoms with Gasteiger partial charge in [-0.25, -0.2) is 0 Å². The summed E-state index contributed by atoms with van der Waals surface area (Å²) in [6, 6.07) is 14.7. The first kappa shape index (κ1) is 12.3. The molecule has 3 nitrogen and oxygen atoms in total. The maximum Gasteiger partial charge on any atom is 0.116 e. The summed E-state index contributed by atoms with van der Waals surface area (Å²) in [5.41, 5.74) is 2.27. The van der Waals surface area contributed by atoms with Crippen molar-refractivity contribution in [3.63, 3.8) is 0 Å². The summed E-state index contributed by atoms with van der Waals surface area (Å²) in [4.78, 5) is 0. The Kier molecular flexibility index (Phi) is 2.87. The van der Waals surface area contributed by atoms with Crippen LogP contribution in [0.25, 0.3) is 16.5 Å². The van der Waals surface area contributed by atoms with Gasteiger partial charge in [0.2, 0.25) is 0 Å². The summed E-state index contributed by atoms with van der Waals surface area (Å²) < 4.78 is 1.96. The van der Waals surface area contributed by atoms with E-state index in [9.17, 15) is 0 Å². The molecule has 4 heteroatoms. The molecule has 2 aromatic carbocycles. The fraction of sp³-hybridized carbons (Fsp3) is 0.267. The molecule has 0 saturated carbocycles. The van der Waals surface area contributed by atoms with Gasteiger partial charge in [-0.3, -0.25) is 0 Å². The van der Waals surface area contributed by atoms with Gasteiger partial charge < -0.3 is 0 Å². The lowest BCUT2D eigenvalue weighted by Gasteiger charge is -2.12. The molecule has 3 aromatic rings. The van der Waals surface area contributed by atoms with Crippen molar-refractivity contribution in [2.45, 2.75) is 26.2 Å². The first-order valence-electron chi connectivity index (χ1n) is 6.34. The smallest absolute Gasteiger partial charge is 0.116 e. The van der Waals surface area contributed by atoms with Crippen molar-refractivity contribution in [2.75, 3.05) is 0 Å². The zero-order chi connectivity index (χ0) is 13.5. The highest BCUT2D eigenvalue weighted by Crippen LogP contribution is 2.30. The maximum absolute atomic E-state index is 4.33. The predicted molar refractivity (Wildman–Crippen MR) is 80.1 cm³/mol. The van der Waals surface area contributed by atoms with Crippen LogP contribution in [0.1, 0.15) is 26.2 Å². The van der Waals surface area contributed by atoms with Crippen molar-refractivity contribution in [1.82, 2.24) is 14.8 Å². The Balaban J connectivity index is 2.17. The lowest BCUT2D eigenvalue weighted by atomic mass is 9.98. The third-order valence-corrected chi connectivity index (χ3v) is 4.50. The lowest BCUT2D eigenvalue weighted by molar-refractivity contribution is 0.575. The third-order valence-electron chi connectivity index (χ3n) is 3.07. The molecule has 0 aliphatic carbocycles. The number of aromatic nitrogens is 3. The van der Waals surface area contributed by atoms with Crippen LogP contribution in [-0.4, -0.2) is 14.8 Å². The van der Waals surface area contributed by atoms with Gasteiger partial charge in [0.25, 0.3) is 0 Å². The minimum Gasteiger partial charge on any atom is -0.195 e. The first-order chi connectivity index (χ1) is 9.05. The monoisotopic (exact) mass is 269 g/mol. The second-order valence-corrected chi connectivity index (χ2v) is 6.65. The van der Waals surface area contributed by atoms with Crippen molar-refractivity contribution in [2.24, 2.45) is 0 Å². The molecular weight excluding hydrogens is 253 g/mol. The summed E-state index contributed by atoms with van der Waals surface area (Å²) in [7, 11) is 1.05. The van der Waals surface area contributed by atoms with E-state index in [0.29, 0.717) is 0 Å². The molecule has 0 saturated heterocycles. The second kappa shape index (κ2) is 4.43. The van der Waals surface area contributed by atoms with Gasteiger partial charge in [-0.2, -0.15) is 4.44 Å². The molecule has 0 unspecified atom stereocenters. The van der Waals surface area contributed by atoms with Crippen LogP contribution in [0.4, 0.5) is 0 Å². The van der Waals surface area contributed by atoms with Gasteiger partial charge in [0, 0.05) is 10.8 Å². The lowest BCUT2D eigenvalue weighted by Crippen LogP contribution is -2.09. The molecule has 0 atom stereocenters. The van der Waals surface area contributed by atoms with Crippen LogP contribution in [0.5, 0.6) is 0 Å². The van der Waals surface area contributed by atoms with Gasteiger partial charge in [0.15, 0.2) is 0 Å². The van der Waals surface area contributed by atoms with E-state index in [-0.39, 0.29) is 5.41 Å². The Morgan fingerprint density at radius 1 is 1.00 bits per heavy atom. The molecule has 0 spiro atoms. The first-order valence-corrected chi connectivity index (χ1v) is 7.19. The highest BCUT2D eigenvalue weighted by molar-refractivity contribution is 7.27. The number of hydrogen-bond donors (Lipinski definition) is 0. The summed E-state index contributed by atoms with van der Waals surface area (Å²) in [5, 5.41) is 11.1. The average molecular weight is 269 g/mol. The Labute approximate surface area is 114 Å². The highest BCUT2D eigenvalue weighted by Gasteiger charge is 2.19. The second-order valence-electron chi connectivity index (χ2n) is 5.65. The molecule has 19 heavy (non-hydrogen) atoms. The molecule has 0 aliphatic heterocycles. The van der Waals surface area contributed by atoms with Crippen LogP contribution < -0.4 is 0 Å².